The summed E-state index contributed by atoms with van der Waals surface area (Å²) in [7, 11) is 0. The molecule has 0 bridgehead atoms. The molecule has 0 aliphatic heterocycles. The molecule has 5 nitrogen and oxygen atoms in total. The lowest BCUT2D eigenvalue weighted by Crippen LogP contribution is -2.04. The van der Waals surface area contributed by atoms with Crippen LogP contribution in [0.5, 0.6) is 5.75 Å². The van der Waals surface area contributed by atoms with Gasteiger partial charge in [0.1, 0.15) is 17.2 Å². The van der Waals surface area contributed by atoms with Crippen LogP contribution in [-0.2, 0) is 6.42 Å². The molecule has 6 heteroatoms. The Bertz CT molecular complexity index is 1180. The number of para-hydroxylation sites is 1. The minimum atomic E-state index is -0.975. The third-order valence-electron chi connectivity index (χ3n) is 5.19. The van der Waals surface area contributed by atoms with Crippen molar-refractivity contribution >= 4 is 28.5 Å². The number of aromatic nitrogens is 1. The third-order valence-corrected chi connectivity index (χ3v) is 5.79. The average molecular weight is 424 g/mol. The molecule has 0 spiro atoms. The van der Waals surface area contributed by atoms with Gasteiger partial charge in [0, 0.05) is 16.0 Å². The van der Waals surface area contributed by atoms with Crippen LogP contribution in [0, 0.1) is 13.8 Å². The monoisotopic (exact) mass is 423 g/mol. The Morgan fingerprint density at radius 1 is 1.17 bits per heavy atom. The predicted molar refractivity (Wildman–Crippen MR) is 118 cm³/mol. The summed E-state index contributed by atoms with van der Waals surface area (Å²) in [6, 6.07) is 13.3. The van der Waals surface area contributed by atoms with Gasteiger partial charge in [0.2, 0.25) is 0 Å². The van der Waals surface area contributed by atoms with E-state index < -0.39 is 5.97 Å². The van der Waals surface area contributed by atoms with Gasteiger partial charge in [-0.3, -0.25) is 0 Å². The van der Waals surface area contributed by atoms with Gasteiger partial charge in [0.15, 0.2) is 0 Å². The highest BCUT2D eigenvalue weighted by molar-refractivity contribution is 6.32. The van der Waals surface area contributed by atoms with Crippen LogP contribution in [-0.4, -0.2) is 22.7 Å². The number of H-pyrrole nitrogens is 1. The van der Waals surface area contributed by atoms with E-state index in [4.69, 9.17) is 20.8 Å². The van der Waals surface area contributed by atoms with E-state index in [1.165, 1.54) is 0 Å². The summed E-state index contributed by atoms with van der Waals surface area (Å²) in [5, 5.41) is 11.3. The second-order valence-corrected chi connectivity index (χ2v) is 7.69. The molecule has 2 aromatic carbocycles. The fourth-order valence-corrected chi connectivity index (χ4v) is 3.89. The maximum Gasteiger partial charge on any atom is 0.352 e. The molecule has 0 saturated heterocycles. The maximum absolute atomic E-state index is 11.9. The topological polar surface area (TPSA) is 75.5 Å². The van der Waals surface area contributed by atoms with Crippen LogP contribution in [0.25, 0.3) is 22.2 Å². The number of aromatic carboxylic acids is 1. The Morgan fingerprint density at radius 2 is 1.93 bits per heavy atom. The second-order valence-electron chi connectivity index (χ2n) is 7.31. The second kappa shape index (κ2) is 8.28. The minimum Gasteiger partial charge on any atom is -0.494 e. The van der Waals surface area contributed by atoms with E-state index in [1.54, 1.807) is 6.26 Å². The number of carboxylic acid groups (broad SMARTS) is 1. The number of aromatic amines is 1. The van der Waals surface area contributed by atoms with Gasteiger partial charge in [-0.05, 0) is 73.7 Å². The Labute approximate surface area is 179 Å². The van der Waals surface area contributed by atoms with Crippen LogP contribution in [0.4, 0.5) is 0 Å². The number of halogens is 1. The molecule has 2 N–H and O–H groups in total. The first kappa shape index (κ1) is 20.1. The van der Waals surface area contributed by atoms with Gasteiger partial charge < -0.3 is 19.2 Å². The SMILES string of the molecule is Cc1cc(OCCCc2c(C(=O)O)[nH]c3c(-c4ccco4)cccc23)cc(C)c1Cl. The number of hydrogen-bond acceptors (Lipinski definition) is 3. The lowest BCUT2D eigenvalue weighted by molar-refractivity contribution is 0.0690. The summed E-state index contributed by atoms with van der Waals surface area (Å²) in [6.45, 7) is 4.37. The number of benzene rings is 2. The summed E-state index contributed by atoms with van der Waals surface area (Å²) in [5.41, 5.74) is 4.54. The summed E-state index contributed by atoms with van der Waals surface area (Å²) < 4.78 is 11.4. The van der Waals surface area contributed by atoms with Crippen LogP contribution in [0.2, 0.25) is 5.02 Å². The van der Waals surface area contributed by atoms with Crippen molar-refractivity contribution in [1.82, 2.24) is 4.98 Å². The first-order valence-electron chi connectivity index (χ1n) is 9.76. The van der Waals surface area contributed by atoms with Crippen molar-refractivity contribution in [2.75, 3.05) is 6.61 Å². The zero-order valence-corrected chi connectivity index (χ0v) is 17.5. The van der Waals surface area contributed by atoms with E-state index in [-0.39, 0.29) is 5.69 Å². The number of carboxylic acids is 1. The highest BCUT2D eigenvalue weighted by Gasteiger charge is 2.19. The van der Waals surface area contributed by atoms with Crippen molar-refractivity contribution in [3.05, 3.63) is 76.1 Å². The first-order chi connectivity index (χ1) is 14.5. The highest BCUT2D eigenvalue weighted by atomic mass is 35.5. The molecular formula is C24H22ClNO4. The number of nitrogens with one attached hydrogen (secondary N) is 1. The standard InChI is InChI=1S/C24H22ClNO4/c1-14-12-16(13-15(2)21(14)25)29-10-4-8-18-17-6-3-7-19(20-9-5-11-30-20)22(17)26-23(18)24(27)28/h3,5-7,9,11-13,26H,4,8,10H2,1-2H3,(H,27,28). The molecule has 0 saturated carbocycles. The van der Waals surface area contributed by atoms with Crippen LogP contribution in [0.15, 0.2) is 53.1 Å². The van der Waals surface area contributed by atoms with Gasteiger partial charge in [0.25, 0.3) is 0 Å². The normalized spacial score (nSPS) is 11.2. The van der Waals surface area contributed by atoms with Crippen molar-refractivity contribution in [1.29, 1.82) is 0 Å². The van der Waals surface area contributed by atoms with E-state index >= 15 is 0 Å². The van der Waals surface area contributed by atoms with Crippen molar-refractivity contribution in [2.24, 2.45) is 0 Å². The third kappa shape index (κ3) is 3.81. The highest BCUT2D eigenvalue weighted by Crippen LogP contribution is 2.33. The summed E-state index contributed by atoms with van der Waals surface area (Å²) in [5.74, 6) is 0.491. The lowest BCUT2D eigenvalue weighted by atomic mass is 10.0. The fourth-order valence-electron chi connectivity index (χ4n) is 3.78. The number of carbonyl (C=O) groups is 1. The van der Waals surface area contributed by atoms with E-state index in [1.807, 2.05) is 56.3 Å². The number of furan rings is 1. The fraction of sp³-hybridized carbons (Fsp3) is 0.208. The Kier molecular flexibility index (Phi) is 5.55. The number of fused-ring (bicyclic) bond motifs is 1. The minimum absolute atomic E-state index is 0.210. The molecule has 2 heterocycles. The Balaban J connectivity index is 1.56. The summed E-state index contributed by atoms with van der Waals surface area (Å²) in [4.78, 5) is 14.9. The van der Waals surface area contributed by atoms with Gasteiger partial charge >= 0.3 is 5.97 Å². The van der Waals surface area contributed by atoms with Crippen molar-refractivity contribution in [2.45, 2.75) is 26.7 Å². The van der Waals surface area contributed by atoms with Gasteiger partial charge in [-0.1, -0.05) is 23.7 Å². The van der Waals surface area contributed by atoms with Crippen LogP contribution in [0.3, 0.4) is 0 Å². The first-order valence-corrected chi connectivity index (χ1v) is 10.1. The largest absolute Gasteiger partial charge is 0.494 e. The number of ether oxygens (including phenoxy) is 1. The summed E-state index contributed by atoms with van der Waals surface area (Å²) >= 11 is 6.21. The molecule has 2 aromatic heterocycles. The Hall–Kier alpha value is -3.18. The number of hydrogen-bond donors (Lipinski definition) is 2. The molecule has 4 rings (SSSR count). The maximum atomic E-state index is 11.9. The van der Waals surface area contributed by atoms with Crippen molar-refractivity contribution in [3.63, 3.8) is 0 Å². The molecular weight excluding hydrogens is 402 g/mol. The van der Waals surface area contributed by atoms with Crippen molar-refractivity contribution < 1.29 is 19.1 Å². The van der Waals surface area contributed by atoms with Gasteiger partial charge in [0.05, 0.1) is 18.4 Å². The molecule has 0 aliphatic rings. The molecule has 154 valence electrons. The van der Waals surface area contributed by atoms with E-state index in [9.17, 15) is 9.90 Å². The quantitative estimate of drug-likeness (QED) is 0.337. The molecule has 0 atom stereocenters. The van der Waals surface area contributed by atoms with Gasteiger partial charge in [-0.15, -0.1) is 0 Å². The summed E-state index contributed by atoms with van der Waals surface area (Å²) in [6.07, 6.45) is 2.86. The number of rotatable bonds is 7. The lowest BCUT2D eigenvalue weighted by Gasteiger charge is -2.10. The molecule has 0 amide bonds. The van der Waals surface area contributed by atoms with Crippen LogP contribution < -0.4 is 4.74 Å². The average Bonchev–Trinajstić information content (AvgIpc) is 3.37. The molecule has 0 aliphatic carbocycles. The van der Waals surface area contributed by atoms with Gasteiger partial charge in [-0.2, -0.15) is 0 Å². The zero-order chi connectivity index (χ0) is 21.3. The smallest absolute Gasteiger partial charge is 0.352 e. The predicted octanol–water partition coefficient (Wildman–Crippen LogP) is 6.41. The molecule has 0 fully saturated rings. The molecule has 30 heavy (non-hydrogen) atoms. The molecule has 0 unspecified atom stereocenters. The van der Waals surface area contributed by atoms with E-state index in [2.05, 4.69) is 4.98 Å². The van der Waals surface area contributed by atoms with Crippen LogP contribution >= 0.6 is 11.6 Å². The van der Waals surface area contributed by atoms with E-state index in [0.29, 0.717) is 25.2 Å². The molecule has 0 radical (unpaired) electrons. The van der Waals surface area contributed by atoms with Crippen molar-refractivity contribution in [3.8, 4) is 17.1 Å². The Morgan fingerprint density at radius 3 is 2.60 bits per heavy atom. The van der Waals surface area contributed by atoms with Crippen LogP contribution in [0.1, 0.15) is 33.6 Å². The number of aryl methyl sites for hydroxylation is 3. The zero-order valence-electron chi connectivity index (χ0n) is 16.8. The van der Waals surface area contributed by atoms with Gasteiger partial charge in [-0.25, -0.2) is 4.79 Å². The molecule has 4 aromatic rings. The van der Waals surface area contributed by atoms with E-state index in [0.717, 1.165) is 43.9 Å².